The molecule has 0 saturated heterocycles. The number of benzene rings is 1. The van der Waals surface area contributed by atoms with Crippen molar-refractivity contribution < 1.29 is 43.2 Å². The zero-order chi connectivity index (χ0) is 18.9. The van der Waals surface area contributed by atoms with Crippen LogP contribution in [0.3, 0.4) is 0 Å². The summed E-state index contributed by atoms with van der Waals surface area (Å²) in [6.07, 6.45) is -4.60. The maximum absolute atomic E-state index is 11.5. The van der Waals surface area contributed by atoms with E-state index in [1.54, 1.807) is 33.8 Å². The monoisotopic (exact) mass is 342 g/mol. The smallest absolute Gasteiger partial charge is 0.406 e. The molecule has 0 amide bonds. The Morgan fingerprint density at radius 1 is 0.826 bits per heavy atom. The van der Waals surface area contributed by atoms with Gasteiger partial charge in [-0.1, -0.05) is 18.2 Å². The number of hydrogen-bond donors (Lipinski definition) is 5. The fraction of sp³-hybridized carbons (Fsp3) is 0.538. The van der Waals surface area contributed by atoms with Gasteiger partial charge in [-0.25, -0.2) is 0 Å². The van der Waals surface area contributed by atoms with E-state index in [-0.39, 0.29) is 5.75 Å². The molecule has 0 aliphatic carbocycles. The number of para-hydroxylation sites is 1. The van der Waals surface area contributed by atoms with E-state index in [1.165, 1.54) is 24.3 Å². The average molecular weight is 342 g/mol. The van der Waals surface area contributed by atoms with Crippen LogP contribution in [-0.4, -0.2) is 50.2 Å². The highest BCUT2D eigenvalue weighted by molar-refractivity contribution is 6.30. The van der Waals surface area contributed by atoms with Crippen molar-refractivity contribution in [2.45, 2.75) is 45.3 Å². The molecule has 5 N–H and O–H groups in total. The van der Waals surface area contributed by atoms with Crippen molar-refractivity contribution in [3.8, 4) is 5.75 Å². The van der Waals surface area contributed by atoms with Crippen LogP contribution in [0.5, 0.6) is 5.75 Å². The lowest BCUT2D eigenvalue weighted by molar-refractivity contribution is -0.274. The third-order valence-corrected chi connectivity index (χ3v) is 2.47. The van der Waals surface area contributed by atoms with E-state index in [9.17, 15) is 13.2 Å². The van der Waals surface area contributed by atoms with Gasteiger partial charge in [-0.05, 0) is 39.8 Å². The highest BCUT2D eigenvalue weighted by Gasteiger charge is 2.32. The molecule has 1 rings (SSSR count). The first-order chi connectivity index (χ1) is 10.1. The largest absolute Gasteiger partial charge is 0.631 e. The van der Waals surface area contributed by atoms with Crippen molar-refractivity contribution in [3.63, 3.8) is 0 Å². The molecule has 23 heavy (non-hydrogen) atoms. The number of aliphatic hydroxyl groups is 2. The van der Waals surface area contributed by atoms with E-state index in [0.717, 1.165) is 0 Å². The van der Waals surface area contributed by atoms with Gasteiger partial charge >= 0.3 is 13.7 Å². The summed E-state index contributed by atoms with van der Waals surface area (Å²) in [6, 6.07) is 7.05. The predicted octanol–water partition coefficient (Wildman–Crippen LogP) is 1.06. The summed E-state index contributed by atoms with van der Waals surface area (Å²) in [5, 5.41) is 39.7. The maximum atomic E-state index is 11.5. The summed E-state index contributed by atoms with van der Waals surface area (Å²) in [4.78, 5) is 0. The lowest BCUT2D eigenvalue weighted by Gasteiger charge is -2.31. The van der Waals surface area contributed by atoms with Gasteiger partial charge in [0.15, 0.2) is 0 Å². The van der Waals surface area contributed by atoms with Gasteiger partial charge in [0.05, 0.1) is 11.2 Å². The van der Waals surface area contributed by atoms with E-state index in [0.29, 0.717) is 0 Å². The quantitative estimate of drug-likeness (QED) is 0.514. The summed E-state index contributed by atoms with van der Waals surface area (Å²) in [7, 11) is -2.17. The second-order valence-corrected chi connectivity index (χ2v) is 5.33. The predicted molar refractivity (Wildman–Crippen MR) is 78.1 cm³/mol. The standard InChI is InChI=1S/C7H5F3O.C6H14O2.BH3O3/c8-7(9,10)11-6-4-2-1-3-5-6;1-5(2,7)6(3,4)8;2-1(3)4/h1-5H;7-8H,1-4H3;2-4H. The van der Waals surface area contributed by atoms with Crippen LogP contribution < -0.4 is 4.74 Å². The molecule has 0 aliphatic heterocycles. The number of hydrogen-bond acceptors (Lipinski definition) is 6. The topological polar surface area (TPSA) is 110 Å². The molecule has 0 bridgehead atoms. The fourth-order valence-electron chi connectivity index (χ4n) is 0.622. The molecule has 0 heterocycles. The van der Waals surface area contributed by atoms with E-state index >= 15 is 0 Å². The fourth-order valence-corrected chi connectivity index (χ4v) is 0.622. The molecule has 1 aromatic carbocycles. The van der Waals surface area contributed by atoms with Crippen molar-refractivity contribution in [1.82, 2.24) is 0 Å². The molecular weight excluding hydrogens is 320 g/mol. The molecule has 10 heteroatoms. The molecule has 134 valence electrons. The molecule has 0 fully saturated rings. The zero-order valence-corrected chi connectivity index (χ0v) is 13.2. The summed E-state index contributed by atoms with van der Waals surface area (Å²) < 4.78 is 38.2. The van der Waals surface area contributed by atoms with Gasteiger partial charge in [0.1, 0.15) is 5.75 Å². The van der Waals surface area contributed by atoms with Crippen LogP contribution in [0.2, 0.25) is 0 Å². The van der Waals surface area contributed by atoms with Gasteiger partial charge in [-0.3, -0.25) is 0 Å². The second kappa shape index (κ2) is 9.73. The lowest BCUT2D eigenvalue weighted by atomic mass is 9.90. The lowest BCUT2D eigenvalue weighted by Crippen LogP contribution is -2.44. The zero-order valence-electron chi connectivity index (χ0n) is 13.2. The molecule has 0 spiro atoms. The van der Waals surface area contributed by atoms with E-state index in [1.807, 2.05) is 0 Å². The minimum atomic E-state index is -4.60. The van der Waals surface area contributed by atoms with Gasteiger partial charge in [0.2, 0.25) is 0 Å². The second-order valence-electron chi connectivity index (χ2n) is 5.33. The van der Waals surface area contributed by atoms with Crippen LogP contribution in [0.4, 0.5) is 13.2 Å². The molecule has 0 atom stereocenters. The van der Waals surface area contributed by atoms with Crippen molar-refractivity contribution >= 4 is 7.32 Å². The van der Waals surface area contributed by atoms with Crippen LogP contribution in [0.1, 0.15) is 27.7 Å². The molecule has 0 radical (unpaired) electrons. The van der Waals surface area contributed by atoms with Crippen molar-refractivity contribution in [3.05, 3.63) is 30.3 Å². The van der Waals surface area contributed by atoms with Crippen molar-refractivity contribution in [2.24, 2.45) is 0 Å². The number of rotatable bonds is 2. The first-order valence-electron chi connectivity index (χ1n) is 6.36. The van der Waals surface area contributed by atoms with Crippen molar-refractivity contribution in [2.75, 3.05) is 0 Å². The summed E-state index contributed by atoms with van der Waals surface area (Å²) in [6.45, 7) is 6.31. The number of halogens is 3. The average Bonchev–Trinajstić information content (AvgIpc) is 2.25. The molecule has 0 aromatic heterocycles. The molecule has 6 nitrogen and oxygen atoms in total. The summed E-state index contributed by atoms with van der Waals surface area (Å²) in [5.41, 5.74) is -2.01. The van der Waals surface area contributed by atoms with Gasteiger partial charge in [-0.2, -0.15) is 0 Å². The Morgan fingerprint density at radius 3 is 1.35 bits per heavy atom. The van der Waals surface area contributed by atoms with Crippen LogP contribution in [0.15, 0.2) is 30.3 Å². The van der Waals surface area contributed by atoms with E-state index in [4.69, 9.17) is 25.3 Å². The molecular formula is C13H22BF3O6. The minimum absolute atomic E-state index is 0.194. The van der Waals surface area contributed by atoms with E-state index in [2.05, 4.69) is 4.74 Å². The van der Waals surface area contributed by atoms with Crippen LogP contribution in [0, 0.1) is 0 Å². The van der Waals surface area contributed by atoms with Crippen LogP contribution in [0.25, 0.3) is 0 Å². The first kappa shape index (κ1) is 23.9. The maximum Gasteiger partial charge on any atom is 0.631 e. The normalized spacial score (nSPS) is 11.5. The first-order valence-corrected chi connectivity index (χ1v) is 6.36. The minimum Gasteiger partial charge on any atom is -0.406 e. The van der Waals surface area contributed by atoms with Gasteiger partial charge in [0, 0.05) is 0 Å². The molecule has 1 aromatic rings. The number of alkyl halides is 3. The Bertz CT molecular complexity index is 398. The highest BCUT2D eigenvalue weighted by atomic mass is 19.4. The molecule has 0 aliphatic rings. The third kappa shape index (κ3) is 16.9. The SMILES string of the molecule is CC(C)(O)C(C)(C)O.FC(F)(F)Oc1ccccc1.OB(O)O. The summed E-state index contributed by atoms with van der Waals surface area (Å²) in [5.74, 6) is -0.194. The highest BCUT2D eigenvalue weighted by Crippen LogP contribution is 2.21. The third-order valence-electron chi connectivity index (χ3n) is 2.47. The van der Waals surface area contributed by atoms with Gasteiger partial charge in [0.25, 0.3) is 0 Å². The van der Waals surface area contributed by atoms with Crippen molar-refractivity contribution in [1.29, 1.82) is 0 Å². The Morgan fingerprint density at radius 2 is 1.13 bits per heavy atom. The molecule has 0 unspecified atom stereocenters. The molecule has 0 saturated carbocycles. The Labute approximate surface area is 133 Å². The number of ether oxygens (including phenoxy) is 1. The van der Waals surface area contributed by atoms with Gasteiger partial charge in [-0.15, -0.1) is 13.2 Å². The Kier molecular flexibility index (Phi) is 10.1. The van der Waals surface area contributed by atoms with Gasteiger partial charge < -0.3 is 30.0 Å². The van der Waals surface area contributed by atoms with Crippen LogP contribution >= 0.6 is 0 Å². The van der Waals surface area contributed by atoms with E-state index < -0.39 is 24.9 Å². The Hall–Kier alpha value is -1.33. The van der Waals surface area contributed by atoms with Crippen LogP contribution in [-0.2, 0) is 0 Å². The summed E-state index contributed by atoms with van der Waals surface area (Å²) >= 11 is 0. The Balaban J connectivity index is 0.